The van der Waals surface area contributed by atoms with E-state index in [1.165, 1.54) is 4.31 Å². The Morgan fingerprint density at radius 1 is 1.38 bits per heavy atom. The first-order chi connectivity index (χ1) is 7.51. The second-order valence-corrected chi connectivity index (χ2v) is 7.06. The summed E-state index contributed by atoms with van der Waals surface area (Å²) in [6.07, 6.45) is 0.714. The van der Waals surface area contributed by atoms with E-state index in [4.69, 9.17) is 11.6 Å². The van der Waals surface area contributed by atoms with Crippen LogP contribution in [0.4, 0.5) is 0 Å². The van der Waals surface area contributed by atoms with Crippen LogP contribution in [-0.4, -0.2) is 31.2 Å². The summed E-state index contributed by atoms with van der Waals surface area (Å²) in [5, 5.41) is -0.0720. The Balaban J connectivity index is 2.36. The molecule has 0 amide bonds. The number of halogens is 2. The SMILES string of the molecule is O=S(=O)(c1ccccc1Br)N1CCC(Cl)C1. The van der Waals surface area contributed by atoms with E-state index in [-0.39, 0.29) is 5.38 Å². The minimum Gasteiger partial charge on any atom is -0.207 e. The molecule has 0 spiro atoms. The Bertz CT molecular complexity index is 491. The molecule has 6 heteroatoms. The molecule has 0 bridgehead atoms. The van der Waals surface area contributed by atoms with Gasteiger partial charge in [0.1, 0.15) is 0 Å². The van der Waals surface area contributed by atoms with Crippen molar-refractivity contribution in [1.29, 1.82) is 0 Å². The van der Waals surface area contributed by atoms with Gasteiger partial charge in [0.05, 0.1) is 4.90 Å². The van der Waals surface area contributed by atoms with Crippen molar-refractivity contribution in [2.45, 2.75) is 16.7 Å². The van der Waals surface area contributed by atoms with E-state index in [2.05, 4.69) is 15.9 Å². The van der Waals surface area contributed by atoms with E-state index in [0.29, 0.717) is 28.9 Å². The maximum atomic E-state index is 12.2. The summed E-state index contributed by atoms with van der Waals surface area (Å²) in [6, 6.07) is 6.82. The molecule has 1 aliphatic rings. The lowest BCUT2D eigenvalue weighted by Crippen LogP contribution is -2.29. The summed E-state index contributed by atoms with van der Waals surface area (Å²) in [5.41, 5.74) is 0. The standard InChI is InChI=1S/C10H11BrClNO2S/c11-9-3-1-2-4-10(9)16(14,15)13-6-5-8(12)7-13/h1-4,8H,5-7H2. The van der Waals surface area contributed by atoms with Gasteiger partial charge in [-0.25, -0.2) is 8.42 Å². The van der Waals surface area contributed by atoms with Crippen LogP contribution in [0.5, 0.6) is 0 Å². The van der Waals surface area contributed by atoms with Crippen molar-refractivity contribution in [3.05, 3.63) is 28.7 Å². The number of nitrogens with zero attached hydrogens (tertiary/aromatic N) is 1. The van der Waals surface area contributed by atoms with Crippen LogP contribution in [0.1, 0.15) is 6.42 Å². The van der Waals surface area contributed by atoms with Crippen LogP contribution in [0, 0.1) is 0 Å². The second-order valence-electron chi connectivity index (χ2n) is 3.68. The van der Waals surface area contributed by atoms with Crippen LogP contribution >= 0.6 is 27.5 Å². The normalized spacial score (nSPS) is 22.5. The number of hydrogen-bond acceptors (Lipinski definition) is 2. The zero-order valence-electron chi connectivity index (χ0n) is 8.44. The smallest absolute Gasteiger partial charge is 0.207 e. The number of alkyl halides is 1. The molecule has 1 saturated heterocycles. The zero-order valence-corrected chi connectivity index (χ0v) is 11.6. The average molecular weight is 325 g/mol. The molecule has 1 heterocycles. The third-order valence-electron chi connectivity index (χ3n) is 2.55. The van der Waals surface area contributed by atoms with Crippen LogP contribution in [0.2, 0.25) is 0 Å². The Morgan fingerprint density at radius 3 is 2.62 bits per heavy atom. The van der Waals surface area contributed by atoms with Crippen molar-refractivity contribution in [2.24, 2.45) is 0 Å². The van der Waals surface area contributed by atoms with Gasteiger partial charge < -0.3 is 0 Å². The van der Waals surface area contributed by atoms with Gasteiger partial charge in [0.25, 0.3) is 0 Å². The molecule has 1 aromatic carbocycles. The van der Waals surface area contributed by atoms with Gasteiger partial charge in [-0.2, -0.15) is 4.31 Å². The Morgan fingerprint density at radius 2 is 2.06 bits per heavy atom. The molecule has 3 nitrogen and oxygen atoms in total. The van der Waals surface area contributed by atoms with Crippen molar-refractivity contribution >= 4 is 37.6 Å². The highest BCUT2D eigenvalue weighted by molar-refractivity contribution is 9.10. The van der Waals surface area contributed by atoms with Gasteiger partial charge in [-0.05, 0) is 34.5 Å². The van der Waals surface area contributed by atoms with Crippen LogP contribution in [0.15, 0.2) is 33.6 Å². The Hall–Kier alpha value is -0.100. The van der Waals surface area contributed by atoms with Crippen molar-refractivity contribution in [1.82, 2.24) is 4.31 Å². The van der Waals surface area contributed by atoms with Crippen molar-refractivity contribution < 1.29 is 8.42 Å². The van der Waals surface area contributed by atoms with Gasteiger partial charge in [-0.15, -0.1) is 11.6 Å². The quantitative estimate of drug-likeness (QED) is 0.784. The van der Waals surface area contributed by atoms with E-state index in [1.54, 1.807) is 24.3 Å². The highest BCUT2D eigenvalue weighted by Crippen LogP contribution is 2.28. The van der Waals surface area contributed by atoms with Crippen LogP contribution in [0.25, 0.3) is 0 Å². The summed E-state index contributed by atoms with van der Waals surface area (Å²) < 4.78 is 26.5. The van der Waals surface area contributed by atoms with E-state index < -0.39 is 10.0 Å². The molecule has 0 aliphatic carbocycles. The van der Waals surface area contributed by atoms with Crippen LogP contribution < -0.4 is 0 Å². The van der Waals surface area contributed by atoms with Crippen LogP contribution in [-0.2, 0) is 10.0 Å². The van der Waals surface area contributed by atoms with Crippen molar-refractivity contribution in [3.8, 4) is 0 Å². The van der Waals surface area contributed by atoms with E-state index >= 15 is 0 Å². The minimum atomic E-state index is -3.40. The molecule has 88 valence electrons. The topological polar surface area (TPSA) is 37.4 Å². The first kappa shape index (κ1) is 12.4. The summed E-state index contributed by atoms with van der Waals surface area (Å²) in [7, 11) is -3.40. The molecular formula is C10H11BrClNO2S. The van der Waals surface area contributed by atoms with Gasteiger partial charge >= 0.3 is 0 Å². The fourth-order valence-electron chi connectivity index (χ4n) is 1.70. The molecule has 0 aromatic heterocycles. The lowest BCUT2D eigenvalue weighted by molar-refractivity contribution is 0.477. The lowest BCUT2D eigenvalue weighted by Gasteiger charge is -2.16. The minimum absolute atomic E-state index is 0.0720. The third kappa shape index (κ3) is 2.27. The molecule has 1 fully saturated rings. The van der Waals surface area contributed by atoms with Gasteiger partial charge in [-0.1, -0.05) is 12.1 Å². The number of sulfonamides is 1. The van der Waals surface area contributed by atoms with E-state index in [0.717, 1.165) is 0 Å². The highest BCUT2D eigenvalue weighted by atomic mass is 79.9. The largest absolute Gasteiger partial charge is 0.244 e. The molecule has 16 heavy (non-hydrogen) atoms. The van der Waals surface area contributed by atoms with Gasteiger partial charge in [0, 0.05) is 22.9 Å². The first-order valence-corrected chi connectivity index (χ1v) is 7.57. The molecule has 0 N–H and O–H groups in total. The molecule has 1 aliphatic heterocycles. The third-order valence-corrected chi connectivity index (χ3v) is 5.78. The number of benzene rings is 1. The van der Waals surface area contributed by atoms with Crippen molar-refractivity contribution in [2.75, 3.05) is 13.1 Å². The first-order valence-electron chi connectivity index (χ1n) is 4.90. The number of rotatable bonds is 2. The fraction of sp³-hybridized carbons (Fsp3) is 0.400. The zero-order chi connectivity index (χ0) is 11.8. The van der Waals surface area contributed by atoms with E-state index in [1.807, 2.05) is 0 Å². The molecule has 0 radical (unpaired) electrons. The Labute approximate surface area is 109 Å². The monoisotopic (exact) mass is 323 g/mol. The second kappa shape index (κ2) is 4.64. The van der Waals surface area contributed by atoms with Gasteiger partial charge in [0.2, 0.25) is 10.0 Å². The fourth-order valence-corrected chi connectivity index (χ4v) is 4.51. The molecule has 1 aromatic rings. The number of hydrogen-bond donors (Lipinski definition) is 0. The Kier molecular flexibility index (Phi) is 3.59. The summed E-state index contributed by atoms with van der Waals surface area (Å²) >= 11 is 9.18. The molecule has 1 atom stereocenters. The summed E-state index contributed by atoms with van der Waals surface area (Å²) in [6.45, 7) is 0.892. The van der Waals surface area contributed by atoms with Gasteiger partial charge in [-0.3, -0.25) is 0 Å². The van der Waals surface area contributed by atoms with Gasteiger partial charge in [0.15, 0.2) is 0 Å². The lowest BCUT2D eigenvalue weighted by atomic mass is 10.4. The molecular weight excluding hydrogens is 314 g/mol. The maximum Gasteiger partial charge on any atom is 0.244 e. The molecule has 0 saturated carbocycles. The molecule has 2 rings (SSSR count). The van der Waals surface area contributed by atoms with Crippen molar-refractivity contribution in [3.63, 3.8) is 0 Å². The predicted molar refractivity (Wildman–Crippen MR) is 67.2 cm³/mol. The van der Waals surface area contributed by atoms with Crippen LogP contribution in [0.3, 0.4) is 0 Å². The predicted octanol–water partition coefficient (Wildman–Crippen LogP) is 2.45. The molecule has 1 unspecified atom stereocenters. The maximum absolute atomic E-state index is 12.2. The summed E-state index contributed by atoms with van der Waals surface area (Å²) in [4.78, 5) is 0.306. The highest BCUT2D eigenvalue weighted by Gasteiger charge is 2.32. The average Bonchev–Trinajstić information content (AvgIpc) is 2.66. The van der Waals surface area contributed by atoms with E-state index in [9.17, 15) is 8.42 Å². The summed E-state index contributed by atoms with van der Waals surface area (Å²) in [5.74, 6) is 0.